The maximum absolute atomic E-state index is 10.8. The van der Waals surface area contributed by atoms with Gasteiger partial charge < -0.3 is 10.4 Å². The van der Waals surface area contributed by atoms with Crippen LogP contribution in [0.4, 0.5) is 5.69 Å². The monoisotopic (exact) mass is 233 g/mol. The maximum Gasteiger partial charge on any atom is 0.312 e. The van der Waals surface area contributed by atoms with E-state index in [0.29, 0.717) is 5.56 Å². The molecular weight excluding hydrogens is 222 g/mol. The Kier molecular flexibility index (Phi) is 2.93. The summed E-state index contributed by atoms with van der Waals surface area (Å²) in [5.41, 5.74) is 0.221. The number of rotatable bonds is 2. The Bertz CT molecular complexity index is 501. The Morgan fingerprint density at radius 1 is 1.59 bits per heavy atom. The number of aromatic hydroxyl groups is 1. The summed E-state index contributed by atoms with van der Waals surface area (Å²) in [5.74, 6) is -0.339. The molecule has 0 radical (unpaired) electrons. The SMILES string of the molecule is N#Cc1cc([C@H]2CCCN2)c(O)c([N+](=O)[O-])c1. The Hall–Kier alpha value is -2.13. The third kappa shape index (κ3) is 2.05. The molecule has 1 aromatic carbocycles. The van der Waals surface area contributed by atoms with E-state index in [1.165, 1.54) is 6.07 Å². The van der Waals surface area contributed by atoms with E-state index in [-0.39, 0.29) is 17.4 Å². The van der Waals surface area contributed by atoms with Gasteiger partial charge in [-0.2, -0.15) is 5.26 Å². The average molecular weight is 233 g/mol. The second kappa shape index (κ2) is 4.39. The number of nitrogens with zero attached hydrogens (tertiary/aromatic N) is 2. The average Bonchev–Trinajstić information content (AvgIpc) is 2.82. The highest BCUT2D eigenvalue weighted by Gasteiger charge is 2.26. The van der Waals surface area contributed by atoms with E-state index in [2.05, 4.69) is 5.32 Å². The van der Waals surface area contributed by atoms with Gasteiger partial charge >= 0.3 is 5.69 Å². The van der Waals surface area contributed by atoms with Crippen LogP contribution in [0.5, 0.6) is 5.75 Å². The van der Waals surface area contributed by atoms with E-state index < -0.39 is 10.6 Å². The predicted octanol–water partition coefficient (Wildman–Crippen LogP) is 1.60. The Balaban J connectivity index is 2.53. The first-order valence-corrected chi connectivity index (χ1v) is 5.28. The summed E-state index contributed by atoms with van der Waals surface area (Å²) < 4.78 is 0. The Labute approximate surface area is 97.6 Å². The molecule has 0 saturated carbocycles. The minimum atomic E-state index is -0.672. The van der Waals surface area contributed by atoms with Crippen molar-refractivity contribution in [2.45, 2.75) is 18.9 Å². The van der Waals surface area contributed by atoms with Crippen molar-refractivity contribution < 1.29 is 10.0 Å². The number of benzene rings is 1. The third-order valence-corrected chi connectivity index (χ3v) is 2.88. The van der Waals surface area contributed by atoms with E-state index in [9.17, 15) is 15.2 Å². The molecule has 0 aromatic heterocycles. The molecule has 2 rings (SSSR count). The first kappa shape index (κ1) is 11.4. The molecule has 1 atom stereocenters. The number of phenolic OH excluding ortho intramolecular Hbond substituents is 1. The molecular formula is C11H11N3O3. The van der Waals surface area contributed by atoms with Gasteiger partial charge in [-0.1, -0.05) is 0 Å². The lowest BCUT2D eigenvalue weighted by Gasteiger charge is -2.12. The Morgan fingerprint density at radius 3 is 2.88 bits per heavy atom. The largest absolute Gasteiger partial charge is 0.502 e. The van der Waals surface area contributed by atoms with Crippen LogP contribution >= 0.6 is 0 Å². The molecule has 0 bridgehead atoms. The molecule has 1 fully saturated rings. The molecule has 1 aliphatic rings. The molecule has 0 unspecified atom stereocenters. The molecule has 0 aliphatic carbocycles. The molecule has 6 heteroatoms. The first-order chi connectivity index (χ1) is 8.13. The van der Waals surface area contributed by atoms with Crippen molar-refractivity contribution in [2.75, 3.05) is 6.54 Å². The van der Waals surface area contributed by atoms with E-state index in [1.54, 1.807) is 0 Å². The fourth-order valence-corrected chi connectivity index (χ4v) is 2.06. The van der Waals surface area contributed by atoms with Gasteiger partial charge in [0.25, 0.3) is 0 Å². The van der Waals surface area contributed by atoms with Crippen molar-refractivity contribution in [1.29, 1.82) is 5.26 Å². The van der Waals surface area contributed by atoms with Crippen LogP contribution in [-0.4, -0.2) is 16.6 Å². The van der Waals surface area contributed by atoms with Crippen molar-refractivity contribution in [3.8, 4) is 11.8 Å². The van der Waals surface area contributed by atoms with Gasteiger partial charge in [0.1, 0.15) is 0 Å². The van der Waals surface area contributed by atoms with Gasteiger partial charge in [0.2, 0.25) is 0 Å². The zero-order valence-corrected chi connectivity index (χ0v) is 9.01. The van der Waals surface area contributed by atoms with Crippen molar-refractivity contribution in [2.24, 2.45) is 0 Å². The molecule has 88 valence electrons. The zero-order valence-electron chi connectivity index (χ0n) is 9.01. The van der Waals surface area contributed by atoms with Crippen molar-refractivity contribution in [1.82, 2.24) is 5.32 Å². The van der Waals surface area contributed by atoms with Crippen molar-refractivity contribution >= 4 is 5.69 Å². The van der Waals surface area contributed by atoms with Gasteiger partial charge in [-0.25, -0.2) is 0 Å². The second-order valence-electron chi connectivity index (χ2n) is 3.95. The van der Waals surface area contributed by atoms with Crippen molar-refractivity contribution in [3.63, 3.8) is 0 Å². The standard InChI is InChI=1S/C11H11N3O3/c12-6-7-4-8(9-2-1-3-13-9)11(15)10(5-7)14(16)17/h4-5,9,13,15H,1-3H2/t9-/m1/s1. The third-order valence-electron chi connectivity index (χ3n) is 2.88. The molecule has 0 spiro atoms. The minimum absolute atomic E-state index is 0.109. The highest BCUT2D eigenvalue weighted by Crippen LogP contribution is 2.37. The summed E-state index contributed by atoms with van der Waals surface area (Å²) in [6.45, 7) is 0.814. The molecule has 1 heterocycles. The minimum Gasteiger partial charge on any atom is -0.502 e. The molecule has 17 heavy (non-hydrogen) atoms. The normalized spacial score (nSPS) is 18.9. The van der Waals surface area contributed by atoms with Gasteiger partial charge in [-0.3, -0.25) is 10.1 Å². The van der Waals surface area contributed by atoms with E-state index >= 15 is 0 Å². The van der Waals surface area contributed by atoms with Crippen LogP contribution in [0.1, 0.15) is 30.0 Å². The summed E-state index contributed by atoms with van der Waals surface area (Å²) in [6.07, 6.45) is 1.76. The quantitative estimate of drug-likeness (QED) is 0.597. The highest BCUT2D eigenvalue weighted by atomic mass is 16.6. The molecule has 2 N–H and O–H groups in total. The number of hydrogen-bond donors (Lipinski definition) is 2. The number of nitro groups is 1. The smallest absolute Gasteiger partial charge is 0.312 e. The van der Waals surface area contributed by atoms with Gasteiger partial charge in [0.05, 0.1) is 16.6 Å². The topological polar surface area (TPSA) is 99.2 Å². The first-order valence-electron chi connectivity index (χ1n) is 5.28. The summed E-state index contributed by atoms with van der Waals surface area (Å²) >= 11 is 0. The number of hydrogen-bond acceptors (Lipinski definition) is 5. The Morgan fingerprint density at radius 2 is 2.35 bits per heavy atom. The fraction of sp³-hybridized carbons (Fsp3) is 0.364. The lowest BCUT2D eigenvalue weighted by atomic mass is 10.0. The summed E-state index contributed by atoms with van der Waals surface area (Å²) in [7, 11) is 0. The number of nitro benzene ring substituents is 1. The maximum atomic E-state index is 10.8. The number of nitriles is 1. The predicted molar refractivity (Wildman–Crippen MR) is 59.5 cm³/mol. The summed E-state index contributed by atoms with van der Waals surface area (Å²) in [5, 5.41) is 32.6. The van der Waals surface area contributed by atoms with Crippen LogP contribution in [-0.2, 0) is 0 Å². The second-order valence-corrected chi connectivity index (χ2v) is 3.95. The molecule has 6 nitrogen and oxygen atoms in total. The lowest BCUT2D eigenvalue weighted by Crippen LogP contribution is -2.13. The fourth-order valence-electron chi connectivity index (χ4n) is 2.06. The van der Waals surface area contributed by atoms with Crippen LogP contribution in [0.3, 0.4) is 0 Å². The van der Waals surface area contributed by atoms with E-state index in [4.69, 9.17) is 5.26 Å². The van der Waals surface area contributed by atoms with Crippen LogP contribution in [0.15, 0.2) is 12.1 Å². The van der Waals surface area contributed by atoms with Crippen molar-refractivity contribution in [3.05, 3.63) is 33.4 Å². The van der Waals surface area contributed by atoms with E-state index in [1.807, 2.05) is 6.07 Å². The summed E-state index contributed by atoms with van der Waals surface area (Å²) in [4.78, 5) is 10.1. The van der Waals surface area contributed by atoms with Crippen LogP contribution < -0.4 is 5.32 Å². The van der Waals surface area contributed by atoms with Gasteiger partial charge in [-0.15, -0.1) is 0 Å². The van der Waals surface area contributed by atoms with Gasteiger partial charge in [0, 0.05) is 17.7 Å². The lowest BCUT2D eigenvalue weighted by molar-refractivity contribution is -0.386. The van der Waals surface area contributed by atoms with Crippen LogP contribution in [0.25, 0.3) is 0 Å². The number of nitrogens with one attached hydrogen (secondary N) is 1. The van der Waals surface area contributed by atoms with Gasteiger partial charge in [0.15, 0.2) is 5.75 Å². The van der Waals surface area contributed by atoms with E-state index in [0.717, 1.165) is 25.5 Å². The molecule has 0 amide bonds. The van der Waals surface area contributed by atoms with Crippen LogP contribution in [0.2, 0.25) is 0 Å². The highest BCUT2D eigenvalue weighted by molar-refractivity contribution is 5.57. The van der Waals surface area contributed by atoms with Crippen LogP contribution in [0, 0.1) is 21.4 Å². The summed E-state index contributed by atoms with van der Waals surface area (Å²) in [6, 6.07) is 4.36. The number of phenols is 1. The van der Waals surface area contributed by atoms with Gasteiger partial charge in [-0.05, 0) is 25.5 Å². The molecule has 1 aromatic rings. The molecule has 1 aliphatic heterocycles. The zero-order chi connectivity index (χ0) is 12.4. The molecule has 1 saturated heterocycles.